The van der Waals surface area contributed by atoms with Crippen LogP contribution in [0.15, 0.2) is 39.8 Å². The van der Waals surface area contributed by atoms with Gasteiger partial charge in [0.2, 0.25) is 10.0 Å². The fourth-order valence-corrected chi connectivity index (χ4v) is 2.53. The molecule has 2 rings (SSSR count). The second kappa shape index (κ2) is 5.54. The minimum atomic E-state index is -3.98. The molecule has 0 amide bonds. The molecule has 1 heterocycles. The Kier molecular flexibility index (Phi) is 3.99. The molecule has 0 unspecified atom stereocenters. The summed E-state index contributed by atoms with van der Waals surface area (Å²) in [6, 6.07) is 7.74. The van der Waals surface area contributed by atoms with E-state index in [1.165, 1.54) is 12.3 Å². The second-order valence-corrected chi connectivity index (χ2v) is 5.85. The lowest BCUT2D eigenvalue weighted by Gasteiger charge is -2.11. The first-order valence-corrected chi connectivity index (χ1v) is 7.37. The van der Waals surface area contributed by atoms with Gasteiger partial charge >= 0.3 is 0 Å². The number of sulfonamides is 1. The van der Waals surface area contributed by atoms with E-state index in [0.717, 1.165) is 6.07 Å². The smallest absolute Gasteiger partial charge is 0.240 e. The van der Waals surface area contributed by atoms with Crippen LogP contribution in [0.25, 0.3) is 0 Å². The molecule has 1 aromatic heterocycles. The van der Waals surface area contributed by atoms with Gasteiger partial charge in [-0.25, -0.2) is 13.6 Å². The molecule has 0 aliphatic carbocycles. The number of hydrogen-bond acceptors (Lipinski definition) is 5. The number of halogens is 1. The van der Waals surface area contributed by atoms with E-state index in [0.29, 0.717) is 5.76 Å². The van der Waals surface area contributed by atoms with E-state index in [1.807, 2.05) is 0 Å². The summed E-state index contributed by atoms with van der Waals surface area (Å²) >= 11 is 5.89. The summed E-state index contributed by atoms with van der Waals surface area (Å²) in [7, 11) is -3.98. The minimum Gasteiger partial charge on any atom is -0.467 e. The number of nitrogens with two attached hydrogens (primary N) is 1. The third kappa shape index (κ3) is 3.11. The lowest BCUT2D eigenvalue weighted by Crippen LogP contribution is -2.15. The normalized spacial score (nSPS) is 11.1. The van der Waals surface area contributed by atoms with E-state index in [9.17, 15) is 8.42 Å². The predicted molar refractivity (Wildman–Crippen MR) is 73.6 cm³/mol. The molecule has 8 heteroatoms. The maximum Gasteiger partial charge on any atom is 0.240 e. The van der Waals surface area contributed by atoms with Crippen LogP contribution in [-0.2, 0) is 16.6 Å². The van der Waals surface area contributed by atoms with Gasteiger partial charge < -0.3 is 9.73 Å². The molecule has 0 bridgehead atoms. The third-order valence-corrected chi connectivity index (χ3v) is 3.79. The Morgan fingerprint density at radius 3 is 2.75 bits per heavy atom. The quantitative estimate of drug-likeness (QED) is 0.898. The summed E-state index contributed by atoms with van der Waals surface area (Å²) in [6.45, 7) is 0.262. The highest BCUT2D eigenvalue weighted by Gasteiger charge is 2.17. The summed E-state index contributed by atoms with van der Waals surface area (Å²) in [5.74, 6) is 0.617. The van der Waals surface area contributed by atoms with Gasteiger partial charge in [0.15, 0.2) is 0 Å². The van der Waals surface area contributed by atoms with Crippen molar-refractivity contribution >= 4 is 27.3 Å². The van der Waals surface area contributed by atoms with E-state index in [-0.39, 0.29) is 27.7 Å². The van der Waals surface area contributed by atoms with Gasteiger partial charge in [0.1, 0.15) is 16.7 Å². The lowest BCUT2D eigenvalue weighted by atomic mass is 10.2. The zero-order chi connectivity index (χ0) is 14.8. The fourth-order valence-electron chi connectivity index (χ4n) is 1.61. The van der Waals surface area contributed by atoms with Crippen LogP contribution in [0.2, 0.25) is 5.02 Å². The second-order valence-electron chi connectivity index (χ2n) is 3.92. The Hall–Kier alpha value is -2.01. The molecule has 0 atom stereocenters. The van der Waals surface area contributed by atoms with Crippen LogP contribution >= 0.6 is 11.6 Å². The summed E-state index contributed by atoms with van der Waals surface area (Å²) in [6.07, 6.45) is 1.50. The number of benzene rings is 1. The molecule has 20 heavy (non-hydrogen) atoms. The van der Waals surface area contributed by atoms with E-state index in [4.69, 9.17) is 26.4 Å². The first-order valence-electron chi connectivity index (χ1n) is 5.44. The van der Waals surface area contributed by atoms with Crippen LogP contribution in [0, 0.1) is 11.3 Å². The van der Waals surface area contributed by atoms with Gasteiger partial charge in [-0.1, -0.05) is 11.6 Å². The standard InChI is InChI=1S/C12H10ClN3O3S/c13-10-5-11(16-7-9-2-1-3-19-9)12(20(15,17)18)4-8(10)6-14/h1-5,16H,7H2,(H2,15,17,18). The largest absolute Gasteiger partial charge is 0.467 e. The van der Waals surface area contributed by atoms with E-state index >= 15 is 0 Å². The summed E-state index contributed by atoms with van der Waals surface area (Å²) in [4.78, 5) is -0.190. The predicted octanol–water partition coefficient (Wildman–Crippen LogP) is 2.06. The number of nitriles is 1. The molecular formula is C12H10ClN3O3S. The lowest BCUT2D eigenvalue weighted by molar-refractivity contribution is 0.518. The first-order chi connectivity index (χ1) is 9.41. The highest BCUT2D eigenvalue weighted by molar-refractivity contribution is 7.89. The molecule has 0 fully saturated rings. The number of rotatable bonds is 4. The van der Waals surface area contributed by atoms with Crippen LogP contribution in [0.5, 0.6) is 0 Å². The maximum absolute atomic E-state index is 11.6. The summed E-state index contributed by atoms with van der Waals surface area (Å²) in [5, 5.41) is 17.0. The Balaban J connectivity index is 2.41. The van der Waals surface area contributed by atoms with Crippen LogP contribution < -0.4 is 10.5 Å². The molecule has 0 radical (unpaired) electrons. The molecule has 104 valence electrons. The van der Waals surface area contributed by atoms with E-state index < -0.39 is 10.0 Å². The highest BCUT2D eigenvalue weighted by Crippen LogP contribution is 2.28. The average Bonchev–Trinajstić information content (AvgIpc) is 2.88. The van der Waals surface area contributed by atoms with Crippen molar-refractivity contribution in [3.05, 3.63) is 46.9 Å². The van der Waals surface area contributed by atoms with Crippen molar-refractivity contribution in [3.8, 4) is 6.07 Å². The molecule has 0 aliphatic rings. The molecule has 6 nitrogen and oxygen atoms in total. The van der Waals surface area contributed by atoms with Crippen molar-refractivity contribution in [2.24, 2.45) is 5.14 Å². The van der Waals surface area contributed by atoms with Gasteiger partial charge in [-0.15, -0.1) is 0 Å². The molecule has 0 saturated heterocycles. The monoisotopic (exact) mass is 311 g/mol. The zero-order valence-corrected chi connectivity index (χ0v) is 11.7. The molecule has 2 aromatic rings. The van der Waals surface area contributed by atoms with Crippen LogP contribution in [-0.4, -0.2) is 8.42 Å². The van der Waals surface area contributed by atoms with Gasteiger partial charge in [0, 0.05) is 0 Å². The maximum atomic E-state index is 11.6. The number of primary sulfonamides is 1. The number of anilines is 1. The fraction of sp³-hybridized carbons (Fsp3) is 0.0833. The first kappa shape index (κ1) is 14.4. The number of furan rings is 1. The number of nitrogens with zero attached hydrogens (tertiary/aromatic N) is 1. The summed E-state index contributed by atoms with van der Waals surface area (Å²) in [5.41, 5.74) is 0.257. The van der Waals surface area contributed by atoms with Crippen molar-refractivity contribution in [1.82, 2.24) is 0 Å². The third-order valence-electron chi connectivity index (χ3n) is 2.53. The Bertz CT molecular complexity index is 764. The van der Waals surface area contributed by atoms with Crippen molar-refractivity contribution in [2.75, 3.05) is 5.32 Å². The topological polar surface area (TPSA) is 109 Å². The summed E-state index contributed by atoms with van der Waals surface area (Å²) < 4.78 is 28.2. The van der Waals surface area contributed by atoms with E-state index in [1.54, 1.807) is 18.2 Å². The van der Waals surface area contributed by atoms with Crippen molar-refractivity contribution in [3.63, 3.8) is 0 Å². The average molecular weight is 312 g/mol. The number of hydrogen-bond donors (Lipinski definition) is 2. The molecular weight excluding hydrogens is 302 g/mol. The van der Waals surface area contributed by atoms with Gasteiger partial charge in [-0.2, -0.15) is 5.26 Å². The Morgan fingerprint density at radius 2 is 2.20 bits per heavy atom. The highest BCUT2D eigenvalue weighted by atomic mass is 35.5. The minimum absolute atomic E-state index is 0.0410. The molecule has 1 aromatic carbocycles. The van der Waals surface area contributed by atoms with Gasteiger partial charge in [-0.3, -0.25) is 0 Å². The molecule has 3 N–H and O–H groups in total. The Labute approximate surface area is 120 Å². The molecule has 0 spiro atoms. The SMILES string of the molecule is N#Cc1cc(S(N)(=O)=O)c(NCc2ccco2)cc1Cl. The van der Waals surface area contributed by atoms with Gasteiger partial charge in [-0.05, 0) is 24.3 Å². The Morgan fingerprint density at radius 1 is 1.45 bits per heavy atom. The van der Waals surface area contributed by atoms with Crippen LogP contribution in [0.4, 0.5) is 5.69 Å². The van der Waals surface area contributed by atoms with Crippen LogP contribution in [0.1, 0.15) is 11.3 Å². The van der Waals surface area contributed by atoms with Crippen molar-refractivity contribution < 1.29 is 12.8 Å². The zero-order valence-electron chi connectivity index (χ0n) is 10.1. The van der Waals surface area contributed by atoms with Crippen molar-refractivity contribution in [1.29, 1.82) is 5.26 Å². The molecule has 0 aliphatic heterocycles. The van der Waals surface area contributed by atoms with Crippen molar-refractivity contribution in [2.45, 2.75) is 11.4 Å². The van der Waals surface area contributed by atoms with Gasteiger partial charge in [0.25, 0.3) is 0 Å². The van der Waals surface area contributed by atoms with Crippen LogP contribution in [0.3, 0.4) is 0 Å². The van der Waals surface area contributed by atoms with Gasteiger partial charge in [0.05, 0.1) is 29.1 Å². The van der Waals surface area contributed by atoms with E-state index in [2.05, 4.69) is 5.32 Å². The number of nitrogens with one attached hydrogen (secondary N) is 1. The molecule has 0 saturated carbocycles.